The molecule has 3 heteroatoms. The van der Waals surface area contributed by atoms with Crippen molar-refractivity contribution in [1.82, 2.24) is 10.2 Å². The first kappa shape index (κ1) is 10.6. The van der Waals surface area contributed by atoms with Gasteiger partial charge in [-0.1, -0.05) is 30.3 Å². The number of aryl methyl sites for hydroxylation is 1. The third-order valence-corrected chi connectivity index (χ3v) is 2.48. The van der Waals surface area contributed by atoms with E-state index in [1.54, 1.807) is 6.20 Å². The molecule has 0 aliphatic carbocycles. The van der Waals surface area contributed by atoms with E-state index >= 15 is 0 Å². The van der Waals surface area contributed by atoms with Gasteiger partial charge in [-0.05, 0) is 18.1 Å². The van der Waals surface area contributed by atoms with Crippen LogP contribution in [0.25, 0.3) is 0 Å². The number of nitrogens with one attached hydrogen (secondary N) is 1. The summed E-state index contributed by atoms with van der Waals surface area (Å²) in [6.45, 7) is 0. The predicted octanol–water partition coefficient (Wildman–Crippen LogP) is 2.15. The third-order valence-electron chi connectivity index (χ3n) is 2.48. The van der Waals surface area contributed by atoms with Crippen molar-refractivity contribution in [3.8, 4) is 0 Å². The number of ketones is 1. The lowest BCUT2D eigenvalue weighted by atomic mass is 10.1. The normalized spacial score (nSPS) is 10.2. The van der Waals surface area contributed by atoms with Crippen LogP contribution in [0.5, 0.6) is 0 Å². The number of carbonyl (C=O) groups is 1. The van der Waals surface area contributed by atoms with E-state index in [1.165, 1.54) is 5.56 Å². The summed E-state index contributed by atoms with van der Waals surface area (Å²) in [6, 6.07) is 11.9. The molecule has 82 valence electrons. The van der Waals surface area contributed by atoms with Crippen LogP contribution in [0.2, 0.25) is 0 Å². The minimum Gasteiger partial charge on any atom is -0.299 e. The van der Waals surface area contributed by atoms with E-state index in [2.05, 4.69) is 10.2 Å². The highest BCUT2D eigenvalue weighted by Gasteiger charge is 2.04. The van der Waals surface area contributed by atoms with Gasteiger partial charge in [0.15, 0.2) is 0 Å². The van der Waals surface area contributed by atoms with E-state index in [-0.39, 0.29) is 5.78 Å². The summed E-state index contributed by atoms with van der Waals surface area (Å²) in [5.74, 6) is 0.244. The topological polar surface area (TPSA) is 45.8 Å². The number of carbonyl (C=O) groups excluding carboxylic acids is 1. The zero-order chi connectivity index (χ0) is 11.2. The van der Waals surface area contributed by atoms with Crippen molar-refractivity contribution in [2.75, 3.05) is 0 Å². The molecule has 1 N–H and O–H groups in total. The third kappa shape index (κ3) is 3.05. The molecule has 1 heterocycles. The number of benzene rings is 1. The minimum atomic E-state index is 0.244. The Morgan fingerprint density at radius 3 is 2.69 bits per heavy atom. The second kappa shape index (κ2) is 5.26. The van der Waals surface area contributed by atoms with Gasteiger partial charge in [0.2, 0.25) is 0 Å². The van der Waals surface area contributed by atoms with Crippen molar-refractivity contribution >= 4 is 5.78 Å². The summed E-state index contributed by atoms with van der Waals surface area (Å²) in [5.41, 5.74) is 2.10. The van der Waals surface area contributed by atoms with Crippen LogP contribution in [-0.4, -0.2) is 16.0 Å². The maximum Gasteiger partial charge on any atom is 0.139 e. The lowest BCUT2D eigenvalue weighted by molar-refractivity contribution is -0.118. The lowest BCUT2D eigenvalue weighted by Gasteiger charge is -2.00. The van der Waals surface area contributed by atoms with Crippen molar-refractivity contribution in [1.29, 1.82) is 0 Å². The van der Waals surface area contributed by atoms with Gasteiger partial charge in [0.1, 0.15) is 5.78 Å². The van der Waals surface area contributed by atoms with Gasteiger partial charge in [0.05, 0.1) is 0 Å². The molecule has 16 heavy (non-hydrogen) atoms. The van der Waals surface area contributed by atoms with Gasteiger partial charge >= 0.3 is 0 Å². The predicted molar refractivity (Wildman–Crippen MR) is 62.1 cm³/mol. The Morgan fingerprint density at radius 1 is 1.19 bits per heavy atom. The Kier molecular flexibility index (Phi) is 3.49. The zero-order valence-corrected chi connectivity index (χ0v) is 9.02. The van der Waals surface area contributed by atoms with Gasteiger partial charge in [0, 0.05) is 24.7 Å². The molecule has 0 saturated heterocycles. The fraction of sp³-hybridized carbons (Fsp3) is 0.231. The average Bonchev–Trinajstić information content (AvgIpc) is 2.81. The van der Waals surface area contributed by atoms with E-state index in [0.717, 1.165) is 12.1 Å². The summed E-state index contributed by atoms with van der Waals surface area (Å²) in [4.78, 5) is 11.6. The molecule has 2 aromatic rings. The van der Waals surface area contributed by atoms with E-state index < -0.39 is 0 Å². The first-order valence-corrected chi connectivity index (χ1v) is 5.38. The highest BCUT2D eigenvalue weighted by molar-refractivity contribution is 5.80. The summed E-state index contributed by atoms with van der Waals surface area (Å²) >= 11 is 0. The SMILES string of the molecule is O=C(CCc1ccccc1)Cc1ccn[nH]1. The monoisotopic (exact) mass is 214 g/mol. The molecule has 2 rings (SSSR count). The van der Waals surface area contributed by atoms with Gasteiger partial charge in [-0.25, -0.2) is 0 Å². The van der Waals surface area contributed by atoms with Crippen LogP contribution >= 0.6 is 0 Å². The molecule has 0 bridgehead atoms. The number of H-pyrrole nitrogens is 1. The highest BCUT2D eigenvalue weighted by Crippen LogP contribution is 2.05. The van der Waals surface area contributed by atoms with Crippen LogP contribution in [0.15, 0.2) is 42.6 Å². The summed E-state index contributed by atoms with van der Waals surface area (Å²) in [7, 11) is 0. The maximum atomic E-state index is 11.6. The molecule has 0 aliphatic rings. The molecular formula is C13H14N2O. The van der Waals surface area contributed by atoms with Crippen molar-refractivity contribution in [3.05, 3.63) is 53.9 Å². The molecule has 0 aliphatic heterocycles. The molecule has 0 spiro atoms. The highest BCUT2D eigenvalue weighted by atomic mass is 16.1. The van der Waals surface area contributed by atoms with E-state index in [9.17, 15) is 4.79 Å². The van der Waals surface area contributed by atoms with Gasteiger partial charge in [0.25, 0.3) is 0 Å². The smallest absolute Gasteiger partial charge is 0.139 e. The Hall–Kier alpha value is -1.90. The van der Waals surface area contributed by atoms with E-state index in [4.69, 9.17) is 0 Å². The quantitative estimate of drug-likeness (QED) is 0.829. The summed E-state index contributed by atoms with van der Waals surface area (Å²) in [5, 5.41) is 6.61. The molecule has 0 amide bonds. The first-order chi connectivity index (χ1) is 7.84. The van der Waals surface area contributed by atoms with Crippen LogP contribution in [0.4, 0.5) is 0 Å². The summed E-state index contributed by atoms with van der Waals surface area (Å²) in [6.07, 6.45) is 3.52. The van der Waals surface area contributed by atoms with Crippen molar-refractivity contribution in [3.63, 3.8) is 0 Å². The number of hydrogen-bond donors (Lipinski definition) is 1. The van der Waals surface area contributed by atoms with Gasteiger partial charge in [-0.3, -0.25) is 9.89 Å². The number of Topliss-reactive ketones (excluding diaryl/α,β-unsaturated/α-hetero) is 1. The Balaban J connectivity index is 1.80. The van der Waals surface area contributed by atoms with E-state index in [0.29, 0.717) is 12.8 Å². The minimum absolute atomic E-state index is 0.244. The molecular weight excluding hydrogens is 200 g/mol. The zero-order valence-electron chi connectivity index (χ0n) is 9.02. The van der Waals surface area contributed by atoms with Crippen LogP contribution in [0.1, 0.15) is 17.7 Å². The molecule has 0 radical (unpaired) electrons. The molecule has 0 saturated carbocycles. The second-order valence-corrected chi connectivity index (χ2v) is 3.78. The number of hydrogen-bond acceptors (Lipinski definition) is 2. The Bertz CT molecular complexity index is 434. The second-order valence-electron chi connectivity index (χ2n) is 3.78. The molecule has 1 aromatic heterocycles. The summed E-state index contributed by atoms with van der Waals surface area (Å²) < 4.78 is 0. The molecule has 0 fully saturated rings. The molecule has 0 atom stereocenters. The lowest BCUT2D eigenvalue weighted by Crippen LogP contribution is -2.04. The fourth-order valence-electron chi connectivity index (χ4n) is 1.61. The van der Waals surface area contributed by atoms with Gasteiger partial charge in [-0.15, -0.1) is 0 Å². The molecule has 0 unspecified atom stereocenters. The molecule has 1 aromatic carbocycles. The van der Waals surface area contributed by atoms with Crippen molar-refractivity contribution in [2.45, 2.75) is 19.3 Å². The number of nitrogens with zero attached hydrogens (tertiary/aromatic N) is 1. The van der Waals surface area contributed by atoms with Gasteiger partial charge < -0.3 is 0 Å². The number of aromatic amines is 1. The first-order valence-electron chi connectivity index (χ1n) is 5.38. The van der Waals surface area contributed by atoms with Crippen LogP contribution in [0.3, 0.4) is 0 Å². The Morgan fingerprint density at radius 2 is 2.00 bits per heavy atom. The Labute approximate surface area is 94.5 Å². The average molecular weight is 214 g/mol. The fourth-order valence-corrected chi connectivity index (χ4v) is 1.61. The standard InChI is InChI=1S/C13H14N2O/c16-13(10-12-8-9-14-15-12)7-6-11-4-2-1-3-5-11/h1-5,8-9H,6-7,10H2,(H,14,15). The molecule has 3 nitrogen and oxygen atoms in total. The number of aromatic nitrogens is 2. The van der Waals surface area contributed by atoms with Crippen LogP contribution < -0.4 is 0 Å². The van der Waals surface area contributed by atoms with Crippen LogP contribution in [-0.2, 0) is 17.6 Å². The van der Waals surface area contributed by atoms with Crippen molar-refractivity contribution < 1.29 is 4.79 Å². The maximum absolute atomic E-state index is 11.6. The van der Waals surface area contributed by atoms with Crippen LogP contribution in [0, 0.1) is 0 Å². The van der Waals surface area contributed by atoms with Gasteiger partial charge in [-0.2, -0.15) is 5.10 Å². The number of rotatable bonds is 5. The largest absolute Gasteiger partial charge is 0.299 e. The van der Waals surface area contributed by atoms with Crippen molar-refractivity contribution in [2.24, 2.45) is 0 Å². The van der Waals surface area contributed by atoms with E-state index in [1.807, 2.05) is 36.4 Å².